The van der Waals surface area contributed by atoms with Crippen molar-refractivity contribution in [2.75, 3.05) is 0 Å². The van der Waals surface area contributed by atoms with Crippen LogP contribution in [-0.4, -0.2) is 17.2 Å². The van der Waals surface area contributed by atoms with E-state index in [-0.39, 0.29) is 22.8 Å². The number of carboxylic acid groups (broad SMARTS) is 1. The van der Waals surface area contributed by atoms with Crippen LogP contribution in [0.5, 0.6) is 5.75 Å². The Kier molecular flexibility index (Phi) is 4.40. The van der Waals surface area contributed by atoms with Crippen LogP contribution in [-0.2, 0) is 0 Å². The molecule has 2 rings (SSSR count). The molecule has 0 radical (unpaired) electrons. The Hall–Kier alpha value is -2.50. The Labute approximate surface area is 125 Å². The van der Waals surface area contributed by atoms with Crippen molar-refractivity contribution in [3.63, 3.8) is 0 Å². The fourth-order valence-electron chi connectivity index (χ4n) is 2.01. The van der Waals surface area contributed by atoms with E-state index in [1.165, 1.54) is 18.2 Å². The zero-order chi connectivity index (χ0) is 16.4. The monoisotopic (exact) mass is 310 g/mol. The number of hydrogen-bond acceptors (Lipinski definition) is 2. The minimum Gasteiger partial charge on any atom is -0.491 e. The van der Waals surface area contributed by atoms with Gasteiger partial charge in [-0.1, -0.05) is 0 Å². The van der Waals surface area contributed by atoms with Gasteiger partial charge in [-0.05, 0) is 43.7 Å². The Balaban J connectivity index is 2.60. The molecule has 0 spiro atoms. The van der Waals surface area contributed by atoms with Crippen molar-refractivity contribution in [2.45, 2.75) is 20.0 Å². The van der Waals surface area contributed by atoms with Gasteiger partial charge in [0.1, 0.15) is 11.6 Å². The molecule has 0 aliphatic heterocycles. The first-order chi connectivity index (χ1) is 10.3. The smallest absolute Gasteiger partial charge is 0.336 e. The third kappa shape index (κ3) is 3.21. The van der Waals surface area contributed by atoms with Crippen molar-refractivity contribution in [3.8, 4) is 16.9 Å². The summed E-state index contributed by atoms with van der Waals surface area (Å²) in [4.78, 5) is 11.4. The lowest BCUT2D eigenvalue weighted by Gasteiger charge is -2.13. The molecule has 0 amide bonds. The van der Waals surface area contributed by atoms with E-state index < -0.39 is 23.4 Å². The average molecular weight is 310 g/mol. The Morgan fingerprint density at radius 1 is 1.00 bits per heavy atom. The van der Waals surface area contributed by atoms with E-state index in [1.807, 2.05) is 0 Å². The molecule has 0 atom stereocenters. The van der Waals surface area contributed by atoms with E-state index in [9.17, 15) is 23.1 Å². The Bertz CT molecular complexity index is 727. The zero-order valence-electron chi connectivity index (χ0n) is 11.9. The molecule has 0 unspecified atom stereocenters. The third-order valence-corrected chi connectivity index (χ3v) is 2.89. The highest BCUT2D eigenvalue weighted by Gasteiger charge is 2.18. The zero-order valence-corrected chi connectivity index (χ0v) is 11.9. The molecule has 0 saturated carbocycles. The van der Waals surface area contributed by atoms with E-state index in [0.717, 1.165) is 0 Å². The molecule has 22 heavy (non-hydrogen) atoms. The molecule has 0 saturated heterocycles. The molecule has 1 N–H and O–H groups in total. The normalized spacial score (nSPS) is 10.8. The number of carboxylic acids is 1. The molecule has 0 bridgehead atoms. The van der Waals surface area contributed by atoms with E-state index in [2.05, 4.69) is 0 Å². The van der Waals surface area contributed by atoms with Gasteiger partial charge in [-0.2, -0.15) is 0 Å². The van der Waals surface area contributed by atoms with Crippen molar-refractivity contribution in [2.24, 2.45) is 0 Å². The standard InChI is InChI=1S/C16H13F3O3/c1-8(2)22-9-3-4-10(12(5-9)16(20)21)11-6-14(18)15(19)7-13(11)17/h3-8H,1-2H3,(H,20,21). The van der Waals surface area contributed by atoms with Crippen LogP contribution in [0.3, 0.4) is 0 Å². The van der Waals surface area contributed by atoms with Gasteiger partial charge in [0.25, 0.3) is 0 Å². The van der Waals surface area contributed by atoms with Crippen LogP contribution in [0.4, 0.5) is 13.2 Å². The second kappa shape index (κ2) is 6.09. The maximum atomic E-state index is 13.8. The molecule has 0 heterocycles. The molecular formula is C16H13F3O3. The Morgan fingerprint density at radius 3 is 2.23 bits per heavy atom. The van der Waals surface area contributed by atoms with Crippen molar-refractivity contribution < 1.29 is 27.8 Å². The summed E-state index contributed by atoms with van der Waals surface area (Å²) >= 11 is 0. The van der Waals surface area contributed by atoms with Gasteiger partial charge in [0, 0.05) is 11.6 Å². The fourth-order valence-corrected chi connectivity index (χ4v) is 2.01. The number of hydrogen-bond donors (Lipinski definition) is 1. The van der Waals surface area contributed by atoms with Gasteiger partial charge in [-0.25, -0.2) is 18.0 Å². The first-order valence-corrected chi connectivity index (χ1v) is 6.48. The molecule has 3 nitrogen and oxygen atoms in total. The van der Waals surface area contributed by atoms with E-state index in [4.69, 9.17) is 4.74 Å². The lowest BCUT2D eigenvalue weighted by molar-refractivity contribution is 0.0697. The lowest BCUT2D eigenvalue weighted by Crippen LogP contribution is -2.07. The topological polar surface area (TPSA) is 46.5 Å². The predicted octanol–water partition coefficient (Wildman–Crippen LogP) is 4.26. The maximum Gasteiger partial charge on any atom is 0.336 e. The number of rotatable bonds is 4. The summed E-state index contributed by atoms with van der Waals surface area (Å²) in [6.45, 7) is 3.53. The summed E-state index contributed by atoms with van der Waals surface area (Å²) in [5.74, 6) is -4.67. The van der Waals surface area contributed by atoms with Crippen LogP contribution in [0, 0.1) is 17.5 Å². The summed E-state index contributed by atoms with van der Waals surface area (Å²) in [6, 6.07) is 4.99. The summed E-state index contributed by atoms with van der Waals surface area (Å²) < 4.78 is 45.5. The van der Waals surface area contributed by atoms with Crippen LogP contribution in [0.1, 0.15) is 24.2 Å². The van der Waals surface area contributed by atoms with Crippen molar-refractivity contribution in [1.82, 2.24) is 0 Å². The predicted molar refractivity (Wildman–Crippen MR) is 74.5 cm³/mol. The SMILES string of the molecule is CC(C)Oc1ccc(-c2cc(F)c(F)cc2F)c(C(=O)O)c1. The van der Waals surface area contributed by atoms with E-state index in [0.29, 0.717) is 17.9 Å². The minimum atomic E-state index is -1.34. The minimum absolute atomic E-state index is 0.0555. The van der Waals surface area contributed by atoms with Gasteiger partial charge in [-0.3, -0.25) is 0 Å². The molecule has 0 aromatic heterocycles. The fraction of sp³-hybridized carbons (Fsp3) is 0.188. The number of ether oxygens (including phenoxy) is 1. The summed E-state index contributed by atoms with van der Waals surface area (Å²) in [5.41, 5.74) is -0.643. The molecule has 0 aliphatic carbocycles. The molecule has 2 aromatic carbocycles. The Morgan fingerprint density at radius 2 is 1.64 bits per heavy atom. The van der Waals surface area contributed by atoms with Gasteiger partial charge < -0.3 is 9.84 Å². The van der Waals surface area contributed by atoms with Gasteiger partial charge in [0.2, 0.25) is 0 Å². The average Bonchev–Trinajstić information content (AvgIpc) is 2.42. The van der Waals surface area contributed by atoms with Gasteiger partial charge in [-0.15, -0.1) is 0 Å². The molecule has 2 aromatic rings. The molecule has 0 fully saturated rings. The van der Waals surface area contributed by atoms with Crippen molar-refractivity contribution >= 4 is 5.97 Å². The van der Waals surface area contributed by atoms with Crippen LogP contribution in [0.2, 0.25) is 0 Å². The van der Waals surface area contributed by atoms with Gasteiger partial charge in [0.05, 0.1) is 11.7 Å². The van der Waals surface area contributed by atoms with Crippen LogP contribution in [0.15, 0.2) is 30.3 Å². The van der Waals surface area contributed by atoms with E-state index >= 15 is 0 Å². The number of aromatic carboxylic acids is 1. The third-order valence-electron chi connectivity index (χ3n) is 2.89. The number of carbonyl (C=O) groups is 1. The summed E-state index contributed by atoms with van der Waals surface area (Å²) in [7, 11) is 0. The quantitative estimate of drug-likeness (QED) is 0.858. The molecule has 6 heteroatoms. The highest BCUT2D eigenvalue weighted by molar-refractivity contribution is 5.96. The number of benzene rings is 2. The lowest BCUT2D eigenvalue weighted by atomic mass is 9.98. The number of halogens is 3. The van der Waals surface area contributed by atoms with Crippen LogP contribution >= 0.6 is 0 Å². The van der Waals surface area contributed by atoms with Crippen molar-refractivity contribution in [1.29, 1.82) is 0 Å². The van der Waals surface area contributed by atoms with E-state index in [1.54, 1.807) is 13.8 Å². The summed E-state index contributed by atoms with van der Waals surface area (Å²) in [6.07, 6.45) is -0.174. The second-order valence-electron chi connectivity index (χ2n) is 4.93. The van der Waals surface area contributed by atoms with Crippen LogP contribution in [0.25, 0.3) is 11.1 Å². The maximum absolute atomic E-state index is 13.8. The van der Waals surface area contributed by atoms with Crippen molar-refractivity contribution in [3.05, 3.63) is 53.3 Å². The summed E-state index contributed by atoms with van der Waals surface area (Å²) in [5, 5.41) is 9.25. The first kappa shape index (κ1) is 15.9. The van der Waals surface area contributed by atoms with Gasteiger partial charge >= 0.3 is 5.97 Å². The molecule has 0 aliphatic rings. The first-order valence-electron chi connectivity index (χ1n) is 6.48. The largest absolute Gasteiger partial charge is 0.491 e. The highest BCUT2D eigenvalue weighted by Crippen LogP contribution is 2.31. The van der Waals surface area contributed by atoms with Crippen LogP contribution < -0.4 is 4.74 Å². The van der Waals surface area contributed by atoms with Gasteiger partial charge in [0.15, 0.2) is 11.6 Å². The second-order valence-corrected chi connectivity index (χ2v) is 4.93. The molecule has 116 valence electrons. The molecular weight excluding hydrogens is 297 g/mol. The highest BCUT2D eigenvalue weighted by atomic mass is 19.2.